The van der Waals surface area contributed by atoms with E-state index < -0.39 is 5.54 Å². The molecule has 0 aromatic heterocycles. The van der Waals surface area contributed by atoms with Crippen LogP contribution in [-0.2, 0) is 5.54 Å². The molecule has 4 nitrogen and oxygen atoms in total. The van der Waals surface area contributed by atoms with Crippen molar-refractivity contribution < 1.29 is 9.47 Å². The van der Waals surface area contributed by atoms with Gasteiger partial charge in [0.15, 0.2) is 5.54 Å². The van der Waals surface area contributed by atoms with Crippen molar-refractivity contribution in [2.75, 3.05) is 13.7 Å². The van der Waals surface area contributed by atoms with Crippen molar-refractivity contribution in [1.29, 1.82) is 5.26 Å². The summed E-state index contributed by atoms with van der Waals surface area (Å²) in [6, 6.07) is 18.5. The Morgan fingerprint density at radius 3 is 2.45 bits per heavy atom. The normalized spacial score (nSPS) is 13.1. The van der Waals surface area contributed by atoms with E-state index in [2.05, 4.69) is 6.07 Å². The van der Waals surface area contributed by atoms with Gasteiger partial charge in [-0.25, -0.2) is 0 Å². The lowest BCUT2D eigenvalue weighted by molar-refractivity contribution is 0.254. The van der Waals surface area contributed by atoms with Gasteiger partial charge in [0.25, 0.3) is 0 Å². The molecule has 20 heavy (non-hydrogen) atoms. The van der Waals surface area contributed by atoms with E-state index in [0.717, 1.165) is 5.56 Å². The molecule has 0 bridgehead atoms. The molecule has 0 spiro atoms. The van der Waals surface area contributed by atoms with Crippen molar-refractivity contribution in [3.8, 4) is 17.6 Å². The molecule has 2 N–H and O–H groups in total. The van der Waals surface area contributed by atoms with Gasteiger partial charge in [0, 0.05) is 6.07 Å². The fourth-order valence-corrected chi connectivity index (χ4v) is 1.80. The maximum atomic E-state index is 9.34. The lowest BCUT2D eigenvalue weighted by atomic mass is 9.94. The lowest BCUT2D eigenvalue weighted by Gasteiger charge is -2.22. The number of hydrogen-bond donors (Lipinski definition) is 1. The summed E-state index contributed by atoms with van der Waals surface area (Å²) < 4.78 is 10.8. The highest BCUT2D eigenvalue weighted by Gasteiger charge is 2.28. The fraction of sp³-hybridized carbons (Fsp3) is 0.188. The third-order valence-electron chi connectivity index (χ3n) is 3.00. The SMILES string of the molecule is COc1cccc(OCC(N)(C#N)c2ccccc2)c1. The summed E-state index contributed by atoms with van der Waals surface area (Å²) in [5, 5.41) is 9.34. The summed E-state index contributed by atoms with van der Waals surface area (Å²) in [6.07, 6.45) is 0. The van der Waals surface area contributed by atoms with Crippen LogP contribution in [0.15, 0.2) is 54.6 Å². The van der Waals surface area contributed by atoms with Crippen molar-refractivity contribution in [2.24, 2.45) is 5.73 Å². The highest BCUT2D eigenvalue weighted by atomic mass is 16.5. The zero-order valence-corrected chi connectivity index (χ0v) is 11.2. The molecule has 1 unspecified atom stereocenters. The van der Waals surface area contributed by atoms with Crippen LogP contribution < -0.4 is 15.2 Å². The van der Waals surface area contributed by atoms with E-state index in [9.17, 15) is 5.26 Å². The molecule has 0 radical (unpaired) electrons. The number of ether oxygens (including phenoxy) is 2. The van der Waals surface area contributed by atoms with E-state index in [0.29, 0.717) is 11.5 Å². The summed E-state index contributed by atoms with van der Waals surface area (Å²) in [4.78, 5) is 0. The minimum Gasteiger partial charge on any atom is -0.497 e. The second kappa shape index (κ2) is 6.09. The van der Waals surface area contributed by atoms with Gasteiger partial charge in [-0.1, -0.05) is 36.4 Å². The minimum absolute atomic E-state index is 0.0701. The van der Waals surface area contributed by atoms with E-state index in [1.807, 2.05) is 42.5 Å². The number of rotatable bonds is 5. The molecule has 0 saturated carbocycles. The number of nitriles is 1. The first-order valence-electron chi connectivity index (χ1n) is 6.20. The van der Waals surface area contributed by atoms with Gasteiger partial charge in [0.05, 0.1) is 13.2 Å². The third kappa shape index (κ3) is 3.08. The molecule has 0 aliphatic rings. The predicted molar refractivity (Wildman–Crippen MR) is 76.4 cm³/mol. The van der Waals surface area contributed by atoms with Crippen molar-refractivity contribution in [3.63, 3.8) is 0 Å². The fourth-order valence-electron chi connectivity index (χ4n) is 1.80. The van der Waals surface area contributed by atoms with E-state index in [4.69, 9.17) is 15.2 Å². The van der Waals surface area contributed by atoms with Crippen LogP contribution in [-0.4, -0.2) is 13.7 Å². The third-order valence-corrected chi connectivity index (χ3v) is 3.00. The topological polar surface area (TPSA) is 68.3 Å². The molecule has 1 atom stereocenters. The highest BCUT2D eigenvalue weighted by Crippen LogP contribution is 2.22. The first-order valence-corrected chi connectivity index (χ1v) is 6.20. The number of methoxy groups -OCH3 is 1. The van der Waals surface area contributed by atoms with Crippen molar-refractivity contribution >= 4 is 0 Å². The van der Waals surface area contributed by atoms with Crippen LogP contribution in [0.25, 0.3) is 0 Å². The second-order valence-electron chi connectivity index (χ2n) is 4.42. The molecule has 2 aromatic rings. The van der Waals surface area contributed by atoms with Crippen LogP contribution in [0.5, 0.6) is 11.5 Å². The van der Waals surface area contributed by atoms with Gasteiger partial charge in [-0.15, -0.1) is 0 Å². The van der Waals surface area contributed by atoms with Gasteiger partial charge in [-0.2, -0.15) is 5.26 Å². The quantitative estimate of drug-likeness (QED) is 0.904. The summed E-state index contributed by atoms with van der Waals surface area (Å²) >= 11 is 0. The maximum Gasteiger partial charge on any atom is 0.164 e. The molecular weight excluding hydrogens is 252 g/mol. The van der Waals surface area contributed by atoms with Gasteiger partial charge < -0.3 is 15.2 Å². The Hall–Kier alpha value is -2.51. The molecule has 0 heterocycles. The summed E-state index contributed by atoms with van der Waals surface area (Å²) in [7, 11) is 1.59. The smallest absolute Gasteiger partial charge is 0.164 e. The first-order chi connectivity index (χ1) is 9.68. The summed E-state index contributed by atoms with van der Waals surface area (Å²) in [5.74, 6) is 1.31. The minimum atomic E-state index is -1.18. The van der Waals surface area contributed by atoms with Crippen LogP contribution in [0, 0.1) is 11.3 Å². The Labute approximate surface area is 118 Å². The van der Waals surface area contributed by atoms with Gasteiger partial charge in [0.2, 0.25) is 0 Å². The van der Waals surface area contributed by atoms with Gasteiger partial charge >= 0.3 is 0 Å². The molecule has 102 valence electrons. The van der Waals surface area contributed by atoms with Gasteiger partial charge in [0.1, 0.15) is 18.1 Å². The molecule has 2 rings (SSSR count). The molecular formula is C16H16N2O2. The number of nitrogens with zero attached hydrogens (tertiary/aromatic N) is 1. The summed E-state index contributed by atoms with van der Waals surface area (Å²) in [6.45, 7) is 0.0701. The Morgan fingerprint density at radius 2 is 1.80 bits per heavy atom. The molecule has 0 aliphatic carbocycles. The largest absolute Gasteiger partial charge is 0.497 e. The zero-order valence-electron chi connectivity index (χ0n) is 11.2. The average molecular weight is 268 g/mol. The predicted octanol–water partition coefficient (Wildman–Crippen LogP) is 2.45. The van der Waals surface area contributed by atoms with E-state index in [1.165, 1.54) is 0 Å². The Bertz CT molecular complexity index is 607. The van der Waals surface area contributed by atoms with E-state index in [-0.39, 0.29) is 6.61 Å². The van der Waals surface area contributed by atoms with Crippen LogP contribution in [0.3, 0.4) is 0 Å². The lowest BCUT2D eigenvalue weighted by Crippen LogP contribution is -2.41. The van der Waals surface area contributed by atoms with Crippen LogP contribution >= 0.6 is 0 Å². The number of nitrogens with two attached hydrogens (primary N) is 1. The molecule has 2 aromatic carbocycles. The summed E-state index contributed by atoms with van der Waals surface area (Å²) in [5.41, 5.74) is 5.67. The maximum absolute atomic E-state index is 9.34. The first kappa shape index (κ1) is 13.9. The van der Waals surface area contributed by atoms with Crippen molar-refractivity contribution in [2.45, 2.75) is 5.54 Å². The Morgan fingerprint density at radius 1 is 1.10 bits per heavy atom. The second-order valence-corrected chi connectivity index (χ2v) is 4.42. The average Bonchev–Trinajstić information content (AvgIpc) is 2.53. The molecule has 0 amide bonds. The standard InChI is InChI=1S/C16H16N2O2/c1-19-14-8-5-9-15(10-14)20-12-16(18,11-17)13-6-3-2-4-7-13/h2-10H,12,18H2,1H3. The van der Waals surface area contributed by atoms with Crippen LogP contribution in [0.4, 0.5) is 0 Å². The highest BCUT2D eigenvalue weighted by molar-refractivity contribution is 5.34. The molecule has 0 aliphatic heterocycles. The number of hydrogen-bond acceptors (Lipinski definition) is 4. The van der Waals surface area contributed by atoms with E-state index >= 15 is 0 Å². The Balaban J connectivity index is 2.13. The van der Waals surface area contributed by atoms with Crippen LogP contribution in [0.1, 0.15) is 5.56 Å². The number of benzene rings is 2. The molecule has 0 fully saturated rings. The molecule has 4 heteroatoms. The van der Waals surface area contributed by atoms with Crippen molar-refractivity contribution in [1.82, 2.24) is 0 Å². The monoisotopic (exact) mass is 268 g/mol. The zero-order chi connectivity index (χ0) is 14.4. The van der Waals surface area contributed by atoms with Gasteiger partial charge in [-0.05, 0) is 17.7 Å². The molecule has 0 saturated heterocycles. The Kier molecular flexibility index (Phi) is 4.24. The van der Waals surface area contributed by atoms with Crippen LogP contribution in [0.2, 0.25) is 0 Å². The van der Waals surface area contributed by atoms with Gasteiger partial charge in [-0.3, -0.25) is 0 Å². The van der Waals surface area contributed by atoms with E-state index in [1.54, 1.807) is 19.2 Å². The van der Waals surface area contributed by atoms with Crippen molar-refractivity contribution in [3.05, 3.63) is 60.2 Å².